The topological polar surface area (TPSA) is 82.4 Å². The van der Waals surface area contributed by atoms with Crippen molar-refractivity contribution in [3.05, 3.63) is 35.4 Å². The SMILES string of the molecule is CCOC(=O)N[C@H]1CCCN(C(=O)c2ccc(C#N)cc2)C1. The summed E-state index contributed by atoms with van der Waals surface area (Å²) < 4.78 is 4.87. The zero-order chi connectivity index (χ0) is 15.9. The van der Waals surface area contributed by atoms with Crippen molar-refractivity contribution in [3.63, 3.8) is 0 Å². The highest BCUT2D eigenvalue weighted by atomic mass is 16.5. The first kappa shape index (κ1) is 15.8. The zero-order valence-electron chi connectivity index (χ0n) is 12.5. The van der Waals surface area contributed by atoms with Crippen LogP contribution in [-0.4, -0.2) is 42.6 Å². The lowest BCUT2D eigenvalue weighted by atomic mass is 10.0. The van der Waals surface area contributed by atoms with Crippen LogP contribution in [0.15, 0.2) is 24.3 Å². The lowest BCUT2D eigenvalue weighted by Gasteiger charge is -2.33. The highest BCUT2D eigenvalue weighted by Gasteiger charge is 2.25. The number of nitrogens with one attached hydrogen (secondary N) is 1. The van der Waals surface area contributed by atoms with Gasteiger partial charge in [-0.25, -0.2) is 4.79 Å². The van der Waals surface area contributed by atoms with E-state index in [0.717, 1.165) is 12.8 Å². The molecule has 1 aliphatic heterocycles. The molecule has 2 amide bonds. The summed E-state index contributed by atoms with van der Waals surface area (Å²) in [6.45, 7) is 3.21. The summed E-state index contributed by atoms with van der Waals surface area (Å²) in [5.74, 6) is -0.0835. The van der Waals surface area contributed by atoms with Gasteiger partial charge in [0.1, 0.15) is 0 Å². The summed E-state index contributed by atoms with van der Waals surface area (Å²) in [5.41, 5.74) is 1.08. The van der Waals surface area contributed by atoms with Gasteiger partial charge in [0.05, 0.1) is 18.2 Å². The lowest BCUT2D eigenvalue weighted by Crippen LogP contribution is -2.49. The molecule has 0 bridgehead atoms. The van der Waals surface area contributed by atoms with Crippen LogP contribution in [0, 0.1) is 11.3 Å². The predicted octanol–water partition coefficient (Wildman–Crippen LogP) is 1.91. The van der Waals surface area contributed by atoms with Gasteiger partial charge in [0.2, 0.25) is 0 Å². The molecule has 1 aliphatic rings. The molecule has 116 valence electrons. The molecule has 1 saturated heterocycles. The summed E-state index contributed by atoms with van der Waals surface area (Å²) >= 11 is 0. The molecule has 1 aromatic carbocycles. The molecule has 0 aliphatic carbocycles. The number of amides is 2. The fourth-order valence-corrected chi connectivity index (χ4v) is 2.49. The Kier molecular flexibility index (Phi) is 5.37. The minimum atomic E-state index is -0.444. The number of hydrogen-bond donors (Lipinski definition) is 1. The second-order valence-corrected chi connectivity index (χ2v) is 5.14. The Balaban J connectivity index is 1.97. The molecule has 1 aromatic rings. The molecule has 1 atom stereocenters. The number of carbonyl (C=O) groups is 2. The van der Waals surface area contributed by atoms with E-state index in [2.05, 4.69) is 5.32 Å². The molecule has 1 fully saturated rings. The maximum atomic E-state index is 12.5. The molecule has 6 nitrogen and oxygen atoms in total. The van der Waals surface area contributed by atoms with Gasteiger partial charge in [0.25, 0.3) is 5.91 Å². The average molecular weight is 301 g/mol. The molecule has 2 rings (SSSR count). The van der Waals surface area contributed by atoms with Gasteiger partial charge in [-0.2, -0.15) is 5.26 Å². The lowest BCUT2D eigenvalue weighted by molar-refractivity contribution is 0.0686. The fraction of sp³-hybridized carbons (Fsp3) is 0.438. The van der Waals surface area contributed by atoms with Gasteiger partial charge in [-0.15, -0.1) is 0 Å². The molecule has 0 radical (unpaired) electrons. The Morgan fingerprint density at radius 3 is 2.77 bits per heavy atom. The molecular formula is C16H19N3O3. The van der Waals surface area contributed by atoms with Crippen molar-refractivity contribution in [3.8, 4) is 6.07 Å². The van der Waals surface area contributed by atoms with Crippen LogP contribution in [0.1, 0.15) is 35.7 Å². The van der Waals surface area contributed by atoms with Crippen molar-refractivity contribution in [2.24, 2.45) is 0 Å². The number of piperidine rings is 1. The van der Waals surface area contributed by atoms with Gasteiger partial charge in [0, 0.05) is 24.7 Å². The first-order chi connectivity index (χ1) is 10.6. The van der Waals surface area contributed by atoms with E-state index in [1.165, 1.54) is 0 Å². The molecule has 1 N–H and O–H groups in total. The van der Waals surface area contributed by atoms with Crippen molar-refractivity contribution < 1.29 is 14.3 Å². The number of nitriles is 1. The summed E-state index contributed by atoms with van der Waals surface area (Å²) in [7, 11) is 0. The maximum absolute atomic E-state index is 12.5. The van der Waals surface area contributed by atoms with Crippen LogP contribution in [0.3, 0.4) is 0 Å². The van der Waals surface area contributed by atoms with Crippen molar-refractivity contribution in [1.29, 1.82) is 5.26 Å². The molecule has 0 aromatic heterocycles. The summed E-state index contributed by atoms with van der Waals surface area (Å²) in [4.78, 5) is 25.6. The van der Waals surface area contributed by atoms with Crippen molar-refractivity contribution in [2.75, 3.05) is 19.7 Å². The second kappa shape index (κ2) is 7.46. The number of benzene rings is 1. The number of carbonyl (C=O) groups excluding carboxylic acids is 2. The third kappa shape index (κ3) is 3.98. The highest BCUT2D eigenvalue weighted by molar-refractivity contribution is 5.94. The first-order valence-corrected chi connectivity index (χ1v) is 7.36. The van der Waals surface area contributed by atoms with Gasteiger partial charge in [-0.3, -0.25) is 4.79 Å². The van der Waals surface area contributed by atoms with Gasteiger partial charge >= 0.3 is 6.09 Å². The Labute approximate surface area is 129 Å². The molecular weight excluding hydrogens is 282 g/mol. The molecule has 6 heteroatoms. The van der Waals surface area contributed by atoms with Crippen LogP contribution in [0.2, 0.25) is 0 Å². The summed E-state index contributed by atoms with van der Waals surface area (Å²) in [5, 5.41) is 11.6. The first-order valence-electron chi connectivity index (χ1n) is 7.36. The standard InChI is InChI=1S/C16H19N3O3/c1-2-22-16(21)18-14-4-3-9-19(11-14)15(20)13-7-5-12(10-17)6-8-13/h5-8,14H,2-4,9,11H2,1H3,(H,18,21)/t14-/m0/s1. The third-order valence-electron chi connectivity index (χ3n) is 3.57. The van der Waals surface area contributed by atoms with Gasteiger partial charge in [-0.1, -0.05) is 0 Å². The normalized spacial score (nSPS) is 17.5. The van der Waals surface area contributed by atoms with Crippen LogP contribution >= 0.6 is 0 Å². The molecule has 22 heavy (non-hydrogen) atoms. The van der Waals surface area contributed by atoms with Gasteiger partial charge in [0.15, 0.2) is 0 Å². The van der Waals surface area contributed by atoms with Crippen LogP contribution in [-0.2, 0) is 4.74 Å². The highest BCUT2D eigenvalue weighted by Crippen LogP contribution is 2.14. The molecule has 0 spiro atoms. The molecule has 0 saturated carbocycles. The second-order valence-electron chi connectivity index (χ2n) is 5.14. The van der Waals surface area contributed by atoms with Gasteiger partial charge < -0.3 is 15.0 Å². The average Bonchev–Trinajstić information content (AvgIpc) is 2.54. The number of likely N-dealkylation sites (tertiary alicyclic amines) is 1. The number of ether oxygens (including phenoxy) is 1. The number of nitrogens with zero attached hydrogens (tertiary/aromatic N) is 2. The Hall–Kier alpha value is -2.55. The van der Waals surface area contributed by atoms with Crippen LogP contribution in [0.4, 0.5) is 4.79 Å². The summed E-state index contributed by atoms with van der Waals surface area (Å²) in [6, 6.07) is 8.51. The van der Waals surface area contributed by atoms with E-state index in [4.69, 9.17) is 10.00 Å². The Morgan fingerprint density at radius 1 is 1.41 bits per heavy atom. The largest absolute Gasteiger partial charge is 0.450 e. The van der Waals surface area contributed by atoms with E-state index >= 15 is 0 Å². The van der Waals surface area contributed by atoms with Crippen LogP contribution < -0.4 is 5.32 Å². The van der Waals surface area contributed by atoms with Crippen molar-refractivity contribution in [1.82, 2.24) is 10.2 Å². The van der Waals surface area contributed by atoms with E-state index < -0.39 is 6.09 Å². The number of rotatable bonds is 3. The Morgan fingerprint density at radius 2 is 2.14 bits per heavy atom. The molecule has 0 unspecified atom stereocenters. The quantitative estimate of drug-likeness (QED) is 0.924. The molecule has 1 heterocycles. The Bertz CT molecular complexity index is 577. The van der Waals surface area contributed by atoms with E-state index in [9.17, 15) is 9.59 Å². The van der Waals surface area contributed by atoms with Crippen LogP contribution in [0.25, 0.3) is 0 Å². The maximum Gasteiger partial charge on any atom is 0.407 e. The zero-order valence-corrected chi connectivity index (χ0v) is 12.5. The van der Waals surface area contributed by atoms with E-state index in [0.29, 0.717) is 30.8 Å². The third-order valence-corrected chi connectivity index (χ3v) is 3.57. The monoisotopic (exact) mass is 301 g/mol. The van der Waals surface area contributed by atoms with Crippen LogP contribution in [0.5, 0.6) is 0 Å². The smallest absolute Gasteiger partial charge is 0.407 e. The number of alkyl carbamates (subject to hydrolysis) is 1. The minimum Gasteiger partial charge on any atom is -0.450 e. The van der Waals surface area contributed by atoms with E-state index in [1.54, 1.807) is 36.1 Å². The fourth-order valence-electron chi connectivity index (χ4n) is 2.49. The predicted molar refractivity (Wildman–Crippen MR) is 80.2 cm³/mol. The van der Waals surface area contributed by atoms with E-state index in [-0.39, 0.29) is 11.9 Å². The van der Waals surface area contributed by atoms with E-state index in [1.807, 2.05) is 6.07 Å². The summed E-state index contributed by atoms with van der Waals surface area (Å²) in [6.07, 6.45) is 1.22. The minimum absolute atomic E-state index is 0.0835. The van der Waals surface area contributed by atoms with Crippen molar-refractivity contribution >= 4 is 12.0 Å². The van der Waals surface area contributed by atoms with Gasteiger partial charge in [-0.05, 0) is 44.0 Å². The number of hydrogen-bond acceptors (Lipinski definition) is 4. The van der Waals surface area contributed by atoms with Crippen molar-refractivity contribution in [2.45, 2.75) is 25.8 Å².